The van der Waals surface area contributed by atoms with Gasteiger partial charge in [-0.2, -0.15) is 0 Å². The molecule has 0 heterocycles. The van der Waals surface area contributed by atoms with Crippen LogP contribution in [0.1, 0.15) is 43.6 Å². The van der Waals surface area contributed by atoms with Crippen LogP contribution in [0.15, 0.2) is 24.3 Å². The van der Waals surface area contributed by atoms with Gasteiger partial charge in [0.15, 0.2) is 0 Å². The smallest absolute Gasteiger partial charge is 0.251 e. The van der Waals surface area contributed by atoms with Gasteiger partial charge in [-0.05, 0) is 23.0 Å². The predicted molar refractivity (Wildman–Crippen MR) is 77.4 cm³/mol. The molecule has 1 amide bonds. The van der Waals surface area contributed by atoms with E-state index in [1.165, 1.54) is 0 Å². The van der Waals surface area contributed by atoms with Gasteiger partial charge in [0.25, 0.3) is 5.91 Å². The van der Waals surface area contributed by atoms with E-state index < -0.39 is 0 Å². The van der Waals surface area contributed by atoms with Gasteiger partial charge >= 0.3 is 0 Å². The molecule has 2 nitrogen and oxygen atoms in total. The number of halogens is 1. The van der Waals surface area contributed by atoms with E-state index in [2.05, 4.69) is 26.1 Å². The molecule has 0 aliphatic rings. The summed E-state index contributed by atoms with van der Waals surface area (Å²) in [5.74, 6) is 0.830. The number of benzene rings is 1. The van der Waals surface area contributed by atoms with E-state index in [1.54, 1.807) is 0 Å². The number of nitrogens with one attached hydrogen (secondary N) is 1. The largest absolute Gasteiger partial charge is 0.352 e. The molecule has 1 unspecified atom stereocenters. The maximum atomic E-state index is 12.2. The number of alkyl halides is 1. The van der Waals surface area contributed by atoms with E-state index >= 15 is 0 Å². The second-order valence-electron chi connectivity index (χ2n) is 5.77. The molecule has 3 heteroatoms. The topological polar surface area (TPSA) is 29.1 Å². The summed E-state index contributed by atoms with van der Waals surface area (Å²) < 4.78 is 0. The summed E-state index contributed by atoms with van der Waals surface area (Å²) in [5.41, 5.74) is 1.79. The van der Waals surface area contributed by atoms with Crippen LogP contribution < -0.4 is 5.32 Å². The van der Waals surface area contributed by atoms with Crippen molar-refractivity contribution in [2.24, 2.45) is 5.92 Å². The van der Waals surface area contributed by atoms with E-state index in [0.29, 0.717) is 12.4 Å². The minimum Gasteiger partial charge on any atom is -0.352 e. The summed E-state index contributed by atoms with van der Waals surface area (Å²) in [5, 5.41) is 2.94. The number of hydrogen-bond acceptors (Lipinski definition) is 1. The highest BCUT2D eigenvalue weighted by Crippen LogP contribution is 2.25. The van der Waals surface area contributed by atoms with Crippen LogP contribution in [0.4, 0.5) is 0 Å². The van der Waals surface area contributed by atoms with E-state index in [4.69, 9.17) is 11.6 Å². The Hall–Kier alpha value is -1.02. The zero-order valence-electron chi connectivity index (χ0n) is 11.6. The molecule has 0 aromatic heterocycles. The first-order chi connectivity index (χ1) is 8.36. The van der Waals surface area contributed by atoms with Crippen molar-refractivity contribution in [2.45, 2.75) is 33.1 Å². The molecular formula is C15H22ClNO. The van der Waals surface area contributed by atoms with Gasteiger partial charge in [0.05, 0.1) is 0 Å². The third-order valence-electron chi connectivity index (χ3n) is 2.85. The molecule has 100 valence electrons. The van der Waals surface area contributed by atoms with Crippen molar-refractivity contribution in [1.29, 1.82) is 0 Å². The van der Waals surface area contributed by atoms with Crippen LogP contribution in [-0.2, 0) is 5.41 Å². The van der Waals surface area contributed by atoms with Crippen molar-refractivity contribution in [2.75, 3.05) is 12.4 Å². The van der Waals surface area contributed by atoms with Crippen LogP contribution in [0, 0.1) is 5.92 Å². The lowest BCUT2D eigenvalue weighted by atomic mass is 9.83. The lowest BCUT2D eigenvalue weighted by Crippen LogP contribution is -2.31. The first-order valence-electron chi connectivity index (χ1n) is 6.30. The Bertz CT molecular complexity index is 409. The molecule has 0 saturated carbocycles. The Morgan fingerprint density at radius 1 is 1.33 bits per heavy atom. The standard InChI is InChI=1S/C15H22ClNO/c1-11(9-16)10-17-14(18)12-7-5-6-8-13(12)15(2,3)4/h5-8,11H,9-10H2,1-4H3,(H,17,18). The monoisotopic (exact) mass is 267 g/mol. The predicted octanol–water partition coefficient (Wildman–Crippen LogP) is 3.59. The zero-order valence-corrected chi connectivity index (χ0v) is 12.3. The maximum Gasteiger partial charge on any atom is 0.251 e. The first-order valence-corrected chi connectivity index (χ1v) is 6.83. The number of carbonyl (C=O) groups is 1. The van der Waals surface area contributed by atoms with Gasteiger partial charge in [0.1, 0.15) is 0 Å². The molecule has 1 N–H and O–H groups in total. The minimum atomic E-state index is -0.0357. The van der Waals surface area contributed by atoms with E-state index in [9.17, 15) is 4.79 Å². The fourth-order valence-electron chi connectivity index (χ4n) is 1.75. The Morgan fingerprint density at radius 2 is 1.94 bits per heavy atom. The van der Waals surface area contributed by atoms with Gasteiger partial charge in [-0.15, -0.1) is 11.6 Å². The van der Waals surface area contributed by atoms with Crippen LogP contribution in [0.3, 0.4) is 0 Å². The Labute approximate surface area is 115 Å². The maximum absolute atomic E-state index is 12.2. The van der Waals surface area contributed by atoms with Crippen molar-refractivity contribution in [3.8, 4) is 0 Å². The molecule has 1 rings (SSSR count). The molecule has 18 heavy (non-hydrogen) atoms. The summed E-state index contributed by atoms with van der Waals surface area (Å²) in [6.45, 7) is 8.96. The second kappa shape index (κ2) is 6.24. The normalized spacial score (nSPS) is 13.2. The third kappa shape index (κ3) is 4.02. The summed E-state index contributed by atoms with van der Waals surface area (Å²) in [6, 6.07) is 7.76. The SMILES string of the molecule is CC(CCl)CNC(=O)c1ccccc1C(C)(C)C. The van der Waals surface area contributed by atoms with Crippen molar-refractivity contribution < 1.29 is 4.79 Å². The van der Waals surface area contributed by atoms with Gasteiger partial charge in [-0.3, -0.25) is 4.79 Å². The van der Waals surface area contributed by atoms with Crippen LogP contribution in [-0.4, -0.2) is 18.3 Å². The van der Waals surface area contributed by atoms with Crippen LogP contribution in [0.2, 0.25) is 0 Å². The molecule has 0 spiro atoms. The molecule has 0 radical (unpaired) electrons. The summed E-state index contributed by atoms with van der Waals surface area (Å²) in [6.07, 6.45) is 0. The van der Waals surface area contributed by atoms with Crippen molar-refractivity contribution >= 4 is 17.5 Å². The van der Waals surface area contributed by atoms with Crippen LogP contribution >= 0.6 is 11.6 Å². The minimum absolute atomic E-state index is 0.0162. The Morgan fingerprint density at radius 3 is 2.50 bits per heavy atom. The number of rotatable bonds is 4. The Balaban J connectivity index is 2.86. The van der Waals surface area contributed by atoms with Gasteiger partial charge in [0.2, 0.25) is 0 Å². The lowest BCUT2D eigenvalue weighted by molar-refractivity contribution is 0.0947. The molecule has 0 bridgehead atoms. The summed E-state index contributed by atoms with van der Waals surface area (Å²) in [4.78, 5) is 12.2. The molecule has 1 aromatic rings. The van der Waals surface area contributed by atoms with Crippen LogP contribution in [0.25, 0.3) is 0 Å². The number of carbonyl (C=O) groups excluding carboxylic acids is 1. The average molecular weight is 268 g/mol. The quantitative estimate of drug-likeness (QED) is 0.830. The summed E-state index contributed by atoms with van der Waals surface area (Å²) >= 11 is 5.73. The second-order valence-corrected chi connectivity index (χ2v) is 6.07. The summed E-state index contributed by atoms with van der Waals surface area (Å²) in [7, 11) is 0. The van der Waals surface area contributed by atoms with Gasteiger partial charge in [0, 0.05) is 18.0 Å². The molecule has 0 aliphatic heterocycles. The van der Waals surface area contributed by atoms with Crippen molar-refractivity contribution in [3.63, 3.8) is 0 Å². The van der Waals surface area contributed by atoms with Gasteiger partial charge < -0.3 is 5.32 Å². The first kappa shape index (κ1) is 15.0. The van der Waals surface area contributed by atoms with Crippen LogP contribution in [0.5, 0.6) is 0 Å². The van der Waals surface area contributed by atoms with Gasteiger partial charge in [-0.25, -0.2) is 0 Å². The molecule has 0 aliphatic carbocycles. The third-order valence-corrected chi connectivity index (χ3v) is 3.38. The van der Waals surface area contributed by atoms with Crippen molar-refractivity contribution in [1.82, 2.24) is 5.32 Å². The van der Waals surface area contributed by atoms with E-state index in [0.717, 1.165) is 11.1 Å². The fourth-order valence-corrected chi connectivity index (χ4v) is 1.86. The molecule has 0 fully saturated rings. The van der Waals surface area contributed by atoms with Gasteiger partial charge in [-0.1, -0.05) is 45.9 Å². The molecule has 0 saturated heterocycles. The number of amides is 1. The van der Waals surface area contributed by atoms with E-state index in [-0.39, 0.29) is 17.2 Å². The highest BCUT2D eigenvalue weighted by atomic mass is 35.5. The molecular weight excluding hydrogens is 246 g/mol. The van der Waals surface area contributed by atoms with Crippen molar-refractivity contribution in [3.05, 3.63) is 35.4 Å². The number of hydrogen-bond donors (Lipinski definition) is 1. The highest BCUT2D eigenvalue weighted by Gasteiger charge is 2.21. The van der Waals surface area contributed by atoms with E-state index in [1.807, 2.05) is 31.2 Å². The average Bonchev–Trinajstić information content (AvgIpc) is 2.34. The molecule has 1 atom stereocenters. The molecule has 1 aromatic carbocycles. The fraction of sp³-hybridized carbons (Fsp3) is 0.533. The Kier molecular flexibility index (Phi) is 5.21. The highest BCUT2D eigenvalue weighted by molar-refractivity contribution is 6.18. The zero-order chi connectivity index (χ0) is 13.8. The lowest BCUT2D eigenvalue weighted by Gasteiger charge is -2.22.